The van der Waals surface area contributed by atoms with Gasteiger partial charge in [-0.2, -0.15) is 13.2 Å². The number of alkyl halides is 3. The van der Waals surface area contributed by atoms with Crippen LogP contribution in [0.15, 0.2) is 48.7 Å². The first-order chi connectivity index (χ1) is 12.1. The highest BCUT2D eigenvalue weighted by Gasteiger charge is 2.33. The highest BCUT2D eigenvalue weighted by Crippen LogP contribution is 2.36. The number of carbonyl (C=O) groups excluding carboxylic acids is 1. The lowest BCUT2D eigenvalue weighted by Crippen LogP contribution is -2.37. The third kappa shape index (κ3) is 5.58. The van der Waals surface area contributed by atoms with Gasteiger partial charge in [0.1, 0.15) is 0 Å². The molecule has 1 heterocycles. The van der Waals surface area contributed by atoms with E-state index in [1.54, 1.807) is 18.3 Å². The first-order valence-corrected chi connectivity index (χ1v) is 8.44. The van der Waals surface area contributed by atoms with Gasteiger partial charge in [0.25, 0.3) is 0 Å². The zero-order valence-electron chi connectivity index (χ0n) is 15.1. The van der Waals surface area contributed by atoms with Crippen molar-refractivity contribution >= 4 is 5.91 Å². The summed E-state index contributed by atoms with van der Waals surface area (Å²) in [7, 11) is 0. The van der Waals surface area contributed by atoms with Crippen LogP contribution in [-0.2, 0) is 17.4 Å². The van der Waals surface area contributed by atoms with E-state index in [2.05, 4.69) is 10.3 Å². The lowest BCUT2D eigenvalue weighted by atomic mass is 9.81. The topological polar surface area (TPSA) is 42.0 Å². The number of hydrogen-bond donors (Lipinski definition) is 1. The zero-order chi connectivity index (χ0) is 19.4. The number of benzene rings is 1. The molecule has 6 heteroatoms. The van der Waals surface area contributed by atoms with Gasteiger partial charge in [-0.1, -0.05) is 39.0 Å². The average molecular weight is 364 g/mol. The minimum absolute atomic E-state index is 0.215. The van der Waals surface area contributed by atoms with Gasteiger partial charge in [0.15, 0.2) is 0 Å². The van der Waals surface area contributed by atoms with Crippen molar-refractivity contribution in [2.75, 3.05) is 0 Å². The van der Waals surface area contributed by atoms with E-state index in [0.29, 0.717) is 12.0 Å². The van der Waals surface area contributed by atoms with Crippen LogP contribution in [0.2, 0.25) is 0 Å². The fourth-order valence-electron chi connectivity index (χ4n) is 2.72. The van der Waals surface area contributed by atoms with Crippen molar-refractivity contribution in [3.8, 4) is 0 Å². The lowest BCUT2D eigenvalue weighted by Gasteiger charge is -2.32. The third-order valence-corrected chi connectivity index (χ3v) is 4.05. The number of aryl methyl sites for hydroxylation is 1. The van der Waals surface area contributed by atoms with Crippen LogP contribution in [0.5, 0.6) is 0 Å². The molecule has 0 radical (unpaired) electrons. The molecule has 0 saturated heterocycles. The summed E-state index contributed by atoms with van der Waals surface area (Å²) in [5.41, 5.74) is 0.0877. The number of carbonyl (C=O) groups is 1. The van der Waals surface area contributed by atoms with Crippen molar-refractivity contribution in [2.45, 2.75) is 45.8 Å². The van der Waals surface area contributed by atoms with E-state index in [0.717, 1.165) is 17.8 Å². The van der Waals surface area contributed by atoms with Crippen LogP contribution in [0.4, 0.5) is 13.2 Å². The molecule has 0 aliphatic rings. The number of aromatic nitrogens is 1. The predicted molar refractivity (Wildman–Crippen MR) is 94.3 cm³/mol. The second-order valence-electron chi connectivity index (χ2n) is 7.31. The van der Waals surface area contributed by atoms with Crippen LogP contribution in [0.25, 0.3) is 0 Å². The molecule has 1 aromatic heterocycles. The molecule has 1 N–H and O–H groups in total. The van der Waals surface area contributed by atoms with Crippen LogP contribution in [0, 0.1) is 5.41 Å². The largest absolute Gasteiger partial charge is 0.416 e. The van der Waals surface area contributed by atoms with Gasteiger partial charge < -0.3 is 5.32 Å². The van der Waals surface area contributed by atoms with E-state index < -0.39 is 23.2 Å². The molecular weight excluding hydrogens is 341 g/mol. The minimum Gasteiger partial charge on any atom is -0.349 e. The number of hydrogen-bond acceptors (Lipinski definition) is 2. The Morgan fingerprint density at radius 1 is 1.12 bits per heavy atom. The van der Waals surface area contributed by atoms with Crippen LogP contribution >= 0.6 is 0 Å². The Balaban J connectivity index is 2.14. The number of nitrogens with zero attached hydrogens (tertiary/aromatic N) is 1. The van der Waals surface area contributed by atoms with E-state index in [-0.39, 0.29) is 12.3 Å². The minimum atomic E-state index is -4.42. The van der Waals surface area contributed by atoms with Gasteiger partial charge in [0.2, 0.25) is 5.91 Å². The second kappa shape index (κ2) is 7.89. The number of halogens is 3. The summed E-state index contributed by atoms with van der Waals surface area (Å²) in [4.78, 5) is 16.5. The monoisotopic (exact) mass is 364 g/mol. The Labute approximate surface area is 151 Å². The lowest BCUT2D eigenvalue weighted by molar-refractivity contribution is -0.137. The van der Waals surface area contributed by atoms with Crippen molar-refractivity contribution in [2.24, 2.45) is 5.41 Å². The molecule has 1 atom stereocenters. The first-order valence-electron chi connectivity index (χ1n) is 8.44. The fraction of sp³-hybridized carbons (Fsp3) is 0.400. The highest BCUT2D eigenvalue weighted by atomic mass is 19.4. The molecule has 0 fully saturated rings. The maximum absolute atomic E-state index is 13.0. The predicted octanol–water partition coefficient (Wildman–Crippen LogP) is 4.94. The summed E-state index contributed by atoms with van der Waals surface area (Å²) in [5, 5.41) is 2.89. The molecule has 0 saturated carbocycles. The van der Waals surface area contributed by atoms with Gasteiger partial charge in [0.05, 0.1) is 11.6 Å². The number of rotatable bonds is 5. The molecule has 26 heavy (non-hydrogen) atoms. The van der Waals surface area contributed by atoms with E-state index in [4.69, 9.17) is 0 Å². The maximum Gasteiger partial charge on any atom is 0.416 e. The van der Waals surface area contributed by atoms with Gasteiger partial charge in [-0.25, -0.2) is 0 Å². The summed E-state index contributed by atoms with van der Waals surface area (Å²) in [6.45, 7) is 5.66. The summed E-state index contributed by atoms with van der Waals surface area (Å²) in [5.74, 6) is -0.215. The molecule has 2 aromatic rings. The smallest absolute Gasteiger partial charge is 0.349 e. The first kappa shape index (κ1) is 19.9. The summed E-state index contributed by atoms with van der Waals surface area (Å²) < 4.78 is 39.0. The van der Waals surface area contributed by atoms with Crippen molar-refractivity contribution in [3.63, 3.8) is 0 Å². The molecule has 2 rings (SSSR count). The van der Waals surface area contributed by atoms with Crippen molar-refractivity contribution in [3.05, 3.63) is 65.5 Å². The fourth-order valence-corrected chi connectivity index (χ4v) is 2.72. The molecule has 3 nitrogen and oxygen atoms in total. The van der Waals surface area contributed by atoms with Crippen LogP contribution in [0.1, 0.15) is 50.1 Å². The molecule has 0 aliphatic carbocycles. The Kier molecular flexibility index (Phi) is 6.05. The normalized spacial score (nSPS) is 13.3. The second-order valence-corrected chi connectivity index (χ2v) is 7.31. The number of amides is 1. The molecule has 140 valence electrons. The molecule has 0 bridgehead atoms. The molecule has 0 spiro atoms. The Morgan fingerprint density at radius 2 is 1.85 bits per heavy atom. The van der Waals surface area contributed by atoms with E-state index >= 15 is 0 Å². The maximum atomic E-state index is 13.0. The summed E-state index contributed by atoms with van der Waals surface area (Å²) in [6, 6.07) is 10.1. The Morgan fingerprint density at radius 3 is 2.42 bits per heavy atom. The Bertz CT molecular complexity index is 737. The van der Waals surface area contributed by atoms with Crippen LogP contribution in [-0.4, -0.2) is 10.9 Å². The summed E-state index contributed by atoms with van der Waals surface area (Å²) in [6.07, 6.45) is -2.05. The molecule has 1 unspecified atom stereocenters. The van der Waals surface area contributed by atoms with Crippen molar-refractivity contribution < 1.29 is 18.0 Å². The highest BCUT2D eigenvalue weighted by molar-refractivity contribution is 5.76. The zero-order valence-corrected chi connectivity index (χ0v) is 15.1. The Hall–Kier alpha value is -2.37. The molecular formula is C20H23F3N2O. The average Bonchev–Trinajstić information content (AvgIpc) is 2.57. The van der Waals surface area contributed by atoms with Gasteiger partial charge >= 0.3 is 6.18 Å². The quantitative estimate of drug-likeness (QED) is 0.817. The van der Waals surface area contributed by atoms with E-state index in [1.807, 2.05) is 32.9 Å². The number of pyridine rings is 1. The van der Waals surface area contributed by atoms with Gasteiger partial charge in [0, 0.05) is 18.3 Å². The van der Waals surface area contributed by atoms with Crippen molar-refractivity contribution in [1.82, 2.24) is 10.3 Å². The van der Waals surface area contributed by atoms with Gasteiger partial charge in [-0.15, -0.1) is 0 Å². The standard InChI is InChI=1S/C20H23F3N2O/c1-19(2,3)18(14-7-6-8-15(13-14)20(21,22)23)25-17(26)11-10-16-9-4-5-12-24-16/h4-9,12-13,18H,10-11H2,1-3H3,(H,25,26). The van der Waals surface area contributed by atoms with E-state index in [1.165, 1.54) is 6.07 Å². The molecule has 1 aromatic carbocycles. The van der Waals surface area contributed by atoms with Crippen molar-refractivity contribution in [1.29, 1.82) is 0 Å². The number of nitrogens with one attached hydrogen (secondary N) is 1. The van der Waals surface area contributed by atoms with Crippen LogP contribution < -0.4 is 5.32 Å². The van der Waals surface area contributed by atoms with Crippen LogP contribution in [0.3, 0.4) is 0 Å². The molecule has 0 aliphatic heterocycles. The molecule has 1 amide bonds. The van der Waals surface area contributed by atoms with Gasteiger partial charge in [-0.3, -0.25) is 9.78 Å². The van der Waals surface area contributed by atoms with Gasteiger partial charge in [-0.05, 0) is 41.7 Å². The van der Waals surface area contributed by atoms with E-state index in [9.17, 15) is 18.0 Å². The SMILES string of the molecule is CC(C)(C)C(NC(=O)CCc1ccccn1)c1cccc(C(F)(F)F)c1. The summed E-state index contributed by atoms with van der Waals surface area (Å²) >= 11 is 0. The third-order valence-electron chi connectivity index (χ3n) is 4.05.